The molecular weight excluding hydrogens is 360 g/mol. The summed E-state index contributed by atoms with van der Waals surface area (Å²) in [5.41, 5.74) is 2.33. The number of methoxy groups -OCH3 is 1. The van der Waals surface area contributed by atoms with E-state index in [4.69, 9.17) is 4.74 Å². The van der Waals surface area contributed by atoms with Gasteiger partial charge < -0.3 is 15.0 Å². The van der Waals surface area contributed by atoms with Crippen LogP contribution in [0.4, 0.5) is 11.4 Å². The van der Waals surface area contributed by atoms with Gasteiger partial charge in [-0.25, -0.2) is 0 Å². The molecule has 5 nitrogen and oxygen atoms in total. The highest BCUT2D eigenvalue weighted by Gasteiger charge is 2.25. The molecule has 2 heterocycles. The van der Waals surface area contributed by atoms with Gasteiger partial charge in [0.15, 0.2) is 0 Å². The molecule has 0 atom stereocenters. The molecule has 1 N–H and O–H groups in total. The summed E-state index contributed by atoms with van der Waals surface area (Å²) in [6, 6.07) is 13.4. The van der Waals surface area contributed by atoms with E-state index in [1.807, 2.05) is 37.3 Å². The number of benzene rings is 2. The van der Waals surface area contributed by atoms with Crippen LogP contribution in [-0.4, -0.2) is 25.5 Å². The molecule has 0 spiro atoms. The predicted molar refractivity (Wildman–Crippen MR) is 109 cm³/mol. The molecule has 0 unspecified atom stereocenters. The number of rotatable bonds is 4. The van der Waals surface area contributed by atoms with Crippen molar-refractivity contribution >= 4 is 44.6 Å². The quantitative estimate of drug-likeness (QED) is 0.720. The SMILES string of the molecule is COc1ccc(NC(=O)c2sc3ccccc3c2C)cc1N1CCCC1=O. The Morgan fingerprint density at radius 2 is 2.04 bits per heavy atom. The molecule has 0 aliphatic carbocycles. The fraction of sp³-hybridized carbons (Fsp3) is 0.238. The van der Waals surface area contributed by atoms with Crippen LogP contribution < -0.4 is 15.0 Å². The molecule has 2 amide bonds. The first kappa shape index (κ1) is 17.5. The fourth-order valence-electron chi connectivity index (χ4n) is 3.46. The van der Waals surface area contributed by atoms with Crippen molar-refractivity contribution in [1.82, 2.24) is 0 Å². The molecule has 6 heteroatoms. The van der Waals surface area contributed by atoms with Crippen molar-refractivity contribution in [1.29, 1.82) is 0 Å². The van der Waals surface area contributed by atoms with Crippen LogP contribution in [0.2, 0.25) is 0 Å². The van der Waals surface area contributed by atoms with Crippen LogP contribution in [0, 0.1) is 6.92 Å². The van der Waals surface area contributed by atoms with E-state index in [0.29, 0.717) is 35.0 Å². The minimum Gasteiger partial charge on any atom is -0.495 e. The smallest absolute Gasteiger partial charge is 0.266 e. The number of amides is 2. The maximum absolute atomic E-state index is 12.8. The molecule has 1 aliphatic rings. The number of anilines is 2. The highest BCUT2D eigenvalue weighted by atomic mass is 32.1. The fourth-order valence-corrected chi connectivity index (χ4v) is 4.56. The van der Waals surface area contributed by atoms with Crippen molar-refractivity contribution in [3.05, 3.63) is 52.9 Å². The van der Waals surface area contributed by atoms with Crippen LogP contribution in [-0.2, 0) is 4.79 Å². The van der Waals surface area contributed by atoms with Gasteiger partial charge in [0.2, 0.25) is 5.91 Å². The standard InChI is InChI=1S/C21H20N2O3S/c1-13-15-6-3-4-7-18(15)27-20(13)21(25)22-14-9-10-17(26-2)16(12-14)23-11-5-8-19(23)24/h3-4,6-7,9-10,12H,5,8,11H2,1-2H3,(H,22,25). The van der Waals surface area contributed by atoms with Gasteiger partial charge in [-0.1, -0.05) is 18.2 Å². The lowest BCUT2D eigenvalue weighted by Crippen LogP contribution is -2.24. The number of hydrogen-bond acceptors (Lipinski definition) is 4. The summed E-state index contributed by atoms with van der Waals surface area (Å²) >= 11 is 1.49. The Hall–Kier alpha value is -2.86. The van der Waals surface area contributed by atoms with Crippen LogP contribution in [0.15, 0.2) is 42.5 Å². The minimum absolute atomic E-state index is 0.0807. The number of thiophene rings is 1. The third kappa shape index (κ3) is 3.17. The van der Waals surface area contributed by atoms with Gasteiger partial charge in [-0.15, -0.1) is 11.3 Å². The van der Waals surface area contributed by atoms with Gasteiger partial charge in [0.1, 0.15) is 5.75 Å². The zero-order valence-corrected chi connectivity index (χ0v) is 16.1. The number of fused-ring (bicyclic) bond motifs is 1. The Bertz CT molecular complexity index is 1040. The van der Waals surface area contributed by atoms with E-state index in [1.54, 1.807) is 24.1 Å². The zero-order valence-electron chi connectivity index (χ0n) is 15.2. The lowest BCUT2D eigenvalue weighted by molar-refractivity contribution is -0.117. The van der Waals surface area contributed by atoms with Crippen molar-refractivity contribution in [2.24, 2.45) is 0 Å². The van der Waals surface area contributed by atoms with Crippen LogP contribution in [0.1, 0.15) is 28.1 Å². The first-order valence-corrected chi connectivity index (χ1v) is 9.68. The molecule has 4 rings (SSSR count). The van der Waals surface area contributed by atoms with Gasteiger partial charge in [-0.05, 0) is 48.6 Å². The number of aryl methyl sites for hydroxylation is 1. The molecule has 0 radical (unpaired) electrons. The molecule has 138 valence electrons. The first-order chi connectivity index (χ1) is 13.1. The van der Waals surface area contributed by atoms with Crippen molar-refractivity contribution in [3.63, 3.8) is 0 Å². The summed E-state index contributed by atoms with van der Waals surface area (Å²) in [5.74, 6) is 0.566. The summed E-state index contributed by atoms with van der Waals surface area (Å²) < 4.78 is 6.50. The first-order valence-electron chi connectivity index (χ1n) is 8.86. The second-order valence-electron chi connectivity index (χ2n) is 6.54. The Kier molecular flexibility index (Phi) is 4.58. The normalized spacial score (nSPS) is 14.0. The Balaban J connectivity index is 1.64. The molecule has 27 heavy (non-hydrogen) atoms. The van der Waals surface area contributed by atoms with Crippen molar-refractivity contribution in [2.75, 3.05) is 23.9 Å². The number of carbonyl (C=O) groups excluding carboxylic acids is 2. The van der Waals surface area contributed by atoms with Gasteiger partial charge in [0, 0.05) is 23.4 Å². The van der Waals surface area contributed by atoms with Crippen LogP contribution in [0.25, 0.3) is 10.1 Å². The van der Waals surface area contributed by atoms with Crippen molar-refractivity contribution in [2.45, 2.75) is 19.8 Å². The zero-order chi connectivity index (χ0) is 19.0. The number of hydrogen-bond donors (Lipinski definition) is 1. The minimum atomic E-state index is -0.141. The summed E-state index contributed by atoms with van der Waals surface area (Å²) in [7, 11) is 1.58. The van der Waals surface area contributed by atoms with E-state index in [-0.39, 0.29) is 11.8 Å². The third-order valence-corrected chi connectivity index (χ3v) is 6.12. The Morgan fingerprint density at radius 1 is 1.22 bits per heavy atom. The maximum atomic E-state index is 12.8. The number of nitrogens with one attached hydrogen (secondary N) is 1. The van der Waals surface area contributed by atoms with Gasteiger partial charge in [0.05, 0.1) is 17.7 Å². The van der Waals surface area contributed by atoms with Gasteiger partial charge in [-0.3, -0.25) is 9.59 Å². The number of carbonyl (C=O) groups is 2. The Morgan fingerprint density at radius 3 is 2.74 bits per heavy atom. The molecule has 1 aliphatic heterocycles. The Labute approximate surface area is 161 Å². The monoisotopic (exact) mass is 380 g/mol. The average molecular weight is 380 g/mol. The molecule has 1 aromatic heterocycles. The van der Waals surface area contributed by atoms with Gasteiger partial charge >= 0.3 is 0 Å². The second-order valence-corrected chi connectivity index (χ2v) is 7.59. The molecular formula is C21H20N2O3S. The van der Waals surface area contributed by atoms with Crippen LogP contribution >= 0.6 is 11.3 Å². The van der Waals surface area contributed by atoms with Crippen LogP contribution in [0.3, 0.4) is 0 Å². The van der Waals surface area contributed by atoms with Crippen LogP contribution in [0.5, 0.6) is 5.75 Å². The lowest BCUT2D eigenvalue weighted by Gasteiger charge is -2.20. The molecule has 1 fully saturated rings. The third-order valence-electron chi connectivity index (χ3n) is 4.85. The number of ether oxygens (including phenoxy) is 1. The highest BCUT2D eigenvalue weighted by Crippen LogP contribution is 2.35. The van der Waals surface area contributed by atoms with Crippen molar-refractivity contribution < 1.29 is 14.3 Å². The highest BCUT2D eigenvalue weighted by molar-refractivity contribution is 7.21. The van der Waals surface area contributed by atoms with E-state index in [9.17, 15) is 9.59 Å². The molecule has 0 bridgehead atoms. The van der Waals surface area contributed by atoms with Crippen molar-refractivity contribution in [3.8, 4) is 5.75 Å². The topological polar surface area (TPSA) is 58.6 Å². The number of nitrogens with zero attached hydrogens (tertiary/aromatic N) is 1. The molecule has 2 aromatic carbocycles. The summed E-state index contributed by atoms with van der Waals surface area (Å²) in [4.78, 5) is 27.4. The molecule has 0 saturated carbocycles. The predicted octanol–water partition coefficient (Wildman–Crippen LogP) is 4.60. The van der Waals surface area contributed by atoms with E-state index in [2.05, 4.69) is 5.32 Å². The largest absolute Gasteiger partial charge is 0.495 e. The maximum Gasteiger partial charge on any atom is 0.266 e. The summed E-state index contributed by atoms with van der Waals surface area (Å²) in [6.45, 7) is 2.64. The van der Waals surface area contributed by atoms with Gasteiger partial charge in [-0.2, -0.15) is 0 Å². The lowest BCUT2D eigenvalue weighted by atomic mass is 10.1. The average Bonchev–Trinajstić information content (AvgIpc) is 3.25. The van der Waals surface area contributed by atoms with E-state index < -0.39 is 0 Å². The summed E-state index contributed by atoms with van der Waals surface area (Å²) in [6.07, 6.45) is 1.38. The van der Waals surface area contributed by atoms with E-state index >= 15 is 0 Å². The van der Waals surface area contributed by atoms with Gasteiger partial charge in [0.25, 0.3) is 5.91 Å². The van der Waals surface area contributed by atoms with E-state index in [1.165, 1.54) is 11.3 Å². The second kappa shape index (κ2) is 7.04. The van der Waals surface area contributed by atoms with E-state index in [0.717, 1.165) is 22.1 Å². The molecule has 1 saturated heterocycles. The summed E-state index contributed by atoms with van der Waals surface area (Å²) in [5, 5.41) is 4.07. The molecule has 3 aromatic rings.